The van der Waals surface area contributed by atoms with Gasteiger partial charge in [-0.2, -0.15) is 0 Å². The molecule has 1 aliphatic rings. The highest BCUT2D eigenvalue weighted by Crippen LogP contribution is 2.21. The number of halogens is 1. The topological polar surface area (TPSA) is 79.3 Å². The summed E-state index contributed by atoms with van der Waals surface area (Å²) in [4.78, 5) is 31.6. The second kappa shape index (κ2) is 8.97. The minimum atomic E-state index is -0.404. The molecule has 28 heavy (non-hydrogen) atoms. The Kier molecular flexibility index (Phi) is 6.41. The maximum Gasteiger partial charge on any atom is 0.287 e. The van der Waals surface area contributed by atoms with Crippen molar-refractivity contribution in [2.24, 2.45) is 0 Å². The summed E-state index contributed by atoms with van der Waals surface area (Å²) in [6, 6.07) is 6.31. The number of rotatable bonds is 7. The van der Waals surface area contributed by atoms with Crippen molar-refractivity contribution in [2.75, 3.05) is 27.2 Å². The highest BCUT2D eigenvalue weighted by Gasteiger charge is 2.27. The first-order valence-corrected chi connectivity index (χ1v) is 9.51. The van der Waals surface area contributed by atoms with Crippen molar-refractivity contribution in [2.45, 2.75) is 32.4 Å². The minimum absolute atomic E-state index is 0.0675. The van der Waals surface area contributed by atoms with E-state index in [1.807, 2.05) is 23.6 Å². The summed E-state index contributed by atoms with van der Waals surface area (Å²) >= 11 is 0. The Bertz CT molecular complexity index is 862. The Labute approximate surface area is 163 Å². The van der Waals surface area contributed by atoms with E-state index >= 15 is 0 Å². The predicted octanol–water partition coefficient (Wildman–Crippen LogP) is 1.58. The predicted molar refractivity (Wildman–Crippen MR) is 104 cm³/mol. The van der Waals surface area contributed by atoms with Crippen LogP contribution >= 0.6 is 0 Å². The average Bonchev–Trinajstić information content (AvgIpc) is 3.07. The van der Waals surface area contributed by atoms with Crippen molar-refractivity contribution < 1.29 is 14.0 Å². The van der Waals surface area contributed by atoms with Gasteiger partial charge in [0.2, 0.25) is 0 Å². The normalized spacial score (nSPS) is 13.3. The number of aromatic nitrogens is 2. The van der Waals surface area contributed by atoms with E-state index in [1.165, 1.54) is 6.07 Å². The Morgan fingerprint density at radius 2 is 1.96 bits per heavy atom. The lowest BCUT2D eigenvalue weighted by atomic mass is 10.1. The number of hydrogen-bond donors (Lipinski definition) is 2. The van der Waals surface area contributed by atoms with Crippen molar-refractivity contribution in [3.05, 3.63) is 52.9 Å². The van der Waals surface area contributed by atoms with Gasteiger partial charge in [0.25, 0.3) is 11.8 Å². The van der Waals surface area contributed by atoms with Crippen LogP contribution in [0.4, 0.5) is 4.39 Å². The lowest BCUT2D eigenvalue weighted by molar-refractivity contribution is 0.0934. The van der Waals surface area contributed by atoms with E-state index in [1.54, 1.807) is 18.2 Å². The highest BCUT2D eigenvalue weighted by molar-refractivity contribution is 5.97. The molecule has 0 spiro atoms. The summed E-state index contributed by atoms with van der Waals surface area (Å²) in [5, 5.41) is 5.58. The molecule has 7 nitrogen and oxygen atoms in total. The zero-order chi connectivity index (χ0) is 20.1. The summed E-state index contributed by atoms with van der Waals surface area (Å²) in [6.07, 6.45) is 2.60. The number of likely N-dealkylation sites (N-methyl/N-ethyl adjacent to an activating group) is 1. The summed E-state index contributed by atoms with van der Waals surface area (Å²) in [5.41, 5.74) is 1.52. The number of hydrogen-bond acceptors (Lipinski definition) is 4. The molecule has 2 N–H and O–H groups in total. The largest absolute Gasteiger partial charge is 0.349 e. The fourth-order valence-electron chi connectivity index (χ4n) is 3.27. The molecule has 0 unspecified atom stereocenters. The Morgan fingerprint density at radius 3 is 2.71 bits per heavy atom. The van der Waals surface area contributed by atoms with Gasteiger partial charge in [-0.15, -0.1) is 0 Å². The van der Waals surface area contributed by atoms with E-state index in [9.17, 15) is 14.0 Å². The first-order valence-electron chi connectivity index (χ1n) is 9.51. The van der Waals surface area contributed by atoms with E-state index in [4.69, 9.17) is 0 Å². The molecule has 0 bridgehead atoms. The molecular weight excluding hydrogens is 361 g/mol. The van der Waals surface area contributed by atoms with Gasteiger partial charge in [0.05, 0.1) is 5.69 Å². The maximum atomic E-state index is 13.8. The molecule has 150 valence electrons. The number of amides is 2. The molecule has 1 aliphatic heterocycles. The van der Waals surface area contributed by atoms with Crippen LogP contribution in [0.15, 0.2) is 24.3 Å². The third kappa shape index (κ3) is 4.56. The molecule has 3 rings (SSSR count). The van der Waals surface area contributed by atoms with E-state index in [2.05, 4.69) is 15.6 Å². The molecule has 0 fully saturated rings. The number of imidazole rings is 1. The smallest absolute Gasteiger partial charge is 0.287 e. The summed E-state index contributed by atoms with van der Waals surface area (Å²) in [6.45, 7) is 1.94. The van der Waals surface area contributed by atoms with Crippen LogP contribution in [0.2, 0.25) is 0 Å². The lowest BCUT2D eigenvalue weighted by Crippen LogP contribution is -2.32. The van der Waals surface area contributed by atoms with E-state index in [0.717, 1.165) is 25.1 Å². The van der Waals surface area contributed by atoms with Crippen LogP contribution < -0.4 is 10.6 Å². The zero-order valence-electron chi connectivity index (χ0n) is 16.3. The van der Waals surface area contributed by atoms with Crippen LogP contribution in [0.5, 0.6) is 0 Å². The van der Waals surface area contributed by atoms with Gasteiger partial charge in [0.1, 0.15) is 11.5 Å². The van der Waals surface area contributed by atoms with E-state index in [0.29, 0.717) is 30.8 Å². The molecule has 0 saturated carbocycles. The Hall–Kier alpha value is -2.74. The maximum absolute atomic E-state index is 13.8. The molecule has 0 aliphatic carbocycles. The first-order chi connectivity index (χ1) is 13.5. The average molecular weight is 387 g/mol. The third-order valence-electron chi connectivity index (χ3n) is 4.78. The van der Waals surface area contributed by atoms with Gasteiger partial charge in [-0.25, -0.2) is 9.37 Å². The minimum Gasteiger partial charge on any atom is -0.349 e. The molecule has 0 atom stereocenters. The number of carbonyl (C=O) groups excluding carboxylic acids is 2. The molecule has 2 aromatic rings. The summed E-state index contributed by atoms with van der Waals surface area (Å²) in [7, 11) is 3.87. The molecule has 1 aromatic heterocycles. The fraction of sp³-hybridized carbons (Fsp3) is 0.450. The molecule has 0 radical (unpaired) electrons. The van der Waals surface area contributed by atoms with Crippen LogP contribution in [0.1, 0.15) is 45.2 Å². The van der Waals surface area contributed by atoms with E-state index < -0.39 is 5.91 Å². The number of nitrogens with one attached hydrogen (secondary N) is 2. The number of fused-ring (bicyclic) bond motifs is 1. The molecule has 0 saturated heterocycles. The molecule has 8 heteroatoms. The van der Waals surface area contributed by atoms with Crippen LogP contribution in [0.25, 0.3) is 0 Å². The van der Waals surface area contributed by atoms with Crippen molar-refractivity contribution in [1.82, 2.24) is 25.1 Å². The molecule has 2 amide bonds. The van der Waals surface area contributed by atoms with Gasteiger partial charge in [-0.3, -0.25) is 9.59 Å². The summed E-state index contributed by atoms with van der Waals surface area (Å²) in [5.74, 6) is -0.822. The standard InChI is InChI=1S/C20H26FN5O2/c1-25(2)12-10-22-19(27)17-16-9-5-6-11-26(16)18(24-17)20(28)23-13-14-7-3-4-8-15(14)21/h3-4,7-8H,5-6,9-13H2,1-2H3,(H,22,27)(H,23,28). The highest BCUT2D eigenvalue weighted by atomic mass is 19.1. The summed E-state index contributed by atoms with van der Waals surface area (Å²) < 4.78 is 15.6. The van der Waals surface area contributed by atoms with Crippen molar-refractivity contribution in [3.63, 3.8) is 0 Å². The van der Waals surface area contributed by atoms with Gasteiger partial charge in [0, 0.05) is 31.7 Å². The van der Waals surface area contributed by atoms with Crippen LogP contribution in [-0.2, 0) is 19.5 Å². The molecule has 1 aromatic carbocycles. The van der Waals surface area contributed by atoms with Gasteiger partial charge in [0.15, 0.2) is 5.82 Å². The van der Waals surface area contributed by atoms with Crippen molar-refractivity contribution in [3.8, 4) is 0 Å². The molecule has 2 heterocycles. The van der Waals surface area contributed by atoms with Crippen molar-refractivity contribution in [1.29, 1.82) is 0 Å². The monoisotopic (exact) mass is 387 g/mol. The lowest BCUT2D eigenvalue weighted by Gasteiger charge is -2.17. The van der Waals surface area contributed by atoms with Gasteiger partial charge < -0.3 is 20.1 Å². The van der Waals surface area contributed by atoms with Gasteiger partial charge in [-0.1, -0.05) is 18.2 Å². The van der Waals surface area contributed by atoms with Gasteiger partial charge >= 0.3 is 0 Å². The fourth-order valence-corrected chi connectivity index (χ4v) is 3.27. The molecular formula is C20H26FN5O2. The number of carbonyl (C=O) groups is 2. The Morgan fingerprint density at radius 1 is 1.18 bits per heavy atom. The quantitative estimate of drug-likeness (QED) is 0.756. The third-order valence-corrected chi connectivity index (χ3v) is 4.78. The number of benzene rings is 1. The SMILES string of the molecule is CN(C)CCNC(=O)c1nc(C(=O)NCc2ccccc2F)n2c1CCCC2. The van der Waals surface area contributed by atoms with Crippen LogP contribution in [0.3, 0.4) is 0 Å². The Balaban J connectivity index is 1.75. The second-order valence-electron chi connectivity index (χ2n) is 7.17. The first kappa shape index (κ1) is 20.0. The van der Waals surface area contributed by atoms with Crippen LogP contribution in [0, 0.1) is 5.82 Å². The van der Waals surface area contributed by atoms with E-state index in [-0.39, 0.29) is 24.1 Å². The van der Waals surface area contributed by atoms with Gasteiger partial charge in [-0.05, 0) is 39.4 Å². The second-order valence-corrected chi connectivity index (χ2v) is 7.17. The zero-order valence-corrected chi connectivity index (χ0v) is 16.3. The number of nitrogens with zero attached hydrogens (tertiary/aromatic N) is 3. The van der Waals surface area contributed by atoms with Crippen molar-refractivity contribution >= 4 is 11.8 Å². The van der Waals surface area contributed by atoms with Crippen LogP contribution in [-0.4, -0.2) is 53.5 Å².